The van der Waals surface area contributed by atoms with Gasteiger partial charge >= 0.3 is 0 Å². The summed E-state index contributed by atoms with van der Waals surface area (Å²) in [5, 5.41) is -0.421. The van der Waals surface area contributed by atoms with Crippen LogP contribution in [0.2, 0.25) is 0 Å². The van der Waals surface area contributed by atoms with Crippen molar-refractivity contribution in [3.05, 3.63) is 29.8 Å². The van der Waals surface area contributed by atoms with E-state index in [1.807, 2.05) is 13.8 Å². The maximum absolute atomic E-state index is 12.2. The first-order valence-electron chi connectivity index (χ1n) is 6.08. The summed E-state index contributed by atoms with van der Waals surface area (Å²) in [6, 6.07) is 6.91. The van der Waals surface area contributed by atoms with E-state index in [9.17, 15) is 9.00 Å². The fourth-order valence-corrected chi connectivity index (χ4v) is 2.98. The summed E-state index contributed by atoms with van der Waals surface area (Å²) < 4.78 is 17.1. The van der Waals surface area contributed by atoms with Gasteiger partial charge in [-0.1, -0.05) is 13.8 Å². The molecule has 18 heavy (non-hydrogen) atoms. The first-order chi connectivity index (χ1) is 8.51. The standard InChI is InChI=1S/C14H20O3S/c1-5-10(2)18(16)11(3)14(15)12-6-8-13(17-4)9-7-12/h6-11H,5H2,1-4H3. The van der Waals surface area contributed by atoms with Gasteiger partial charge in [0.1, 0.15) is 5.75 Å². The van der Waals surface area contributed by atoms with Crippen LogP contribution in [0.25, 0.3) is 0 Å². The van der Waals surface area contributed by atoms with Crippen LogP contribution in [0.1, 0.15) is 37.6 Å². The molecule has 0 fully saturated rings. The molecular weight excluding hydrogens is 248 g/mol. The second-order valence-corrected chi connectivity index (χ2v) is 6.45. The molecule has 3 unspecified atom stereocenters. The lowest BCUT2D eigenvalue weighted by molar-refractivity contribution is 0.0992. The molecule has 0 aliphatic heterocycles. The van der Waals surface area contributed by atoms with Gasteiger partial charge < -0.3 is 4.74 Å². The van der Waals surface area contributed by atoms with Crippen molar-refractivity contribution >= 4 is 16.6 Å². The van der Waals surface area contributed by atoms with Crippen molar-refractivity contribution in [2.24, 2.45) is 0 Å². The van der Waals surface area contributed by atoms with Crippen molar-refractivity contribution in [2.75, 3.05) is 7.11 Å². The van der Waals surface area contributed by atoms with Gasteiger partial charge in [0.2, 0.25) is 0 Å². The molecular formula is C14H20O3S. The van der Waals surface area contributed by atoms with E-state index in [-0.39, 0.29) is 11.0 Å². The smallest absolute Gasteiger partial charge is 0.178 e. The highest BCUT2D eigenvalue weighted by molar-refractivity contribution is 7.87. The summed E-state index contributed by atoms with van der Waals surface area (Å²) in [7, 11) is 0.453. The third-order valence-electron chi connectivity index (χ3n) is 3.06. The number of hydrogen-bond donors (Lipinski definition) is 0. The maximum Gasteiger partial charge on any atom is 0.178 e. The van der Waals surface area contributed by atoms with E-state index in [1.54, 1.807) is 38.3 Å². The van der Waals surface area contributed by atoms with Crippen molar-refractivity contribution in [1.82, 2.24) is 0 Å². The van der Waals surface area contributed by atoms with Crippen molar-refractivity contribution in [3.8, 4) is 5.75 Å². The van der Waals surface area contributed by atoms with Gasteiger partial charge in [0.15, 0.2) is 5.78 Å². The van der Waals surface area contributed by atoms with Gasteiger partial charge in [-0.05, 0) is 37.6 Å². The van der Waals surface area contributed by atoms with Gasteiger partial charge in [0.25, 0.3) is 0 Å². The lowest BCUT2D eigenvalue weighted by Crippen LogP contribution is -2.28. The van der Waals surface area contributed by atoms with Gasteiger partial charge in [-0.15, -0.1) is 0 Å². The van der Waals surface area contributed by atoms with Crippen LogP contribution in [0.4, 0.5) is 0 Å². The Morgan fingerprint density at radius 1 is 1.28 bits per heavy atom. The molecule has 0 bridgehead atoms. The average molecular weight is 268 g/mol. The molecule has 0 N–H and O–H groups in total. The molecule has 4 heteroatoms. The zero-order chi connectivity index (χ0) is 13.7. The normalized spacial score (nSPS) is 15.8. The summed E-state index contributed by atoms with van der Waals surface area (Å²) in [6.45, 7) is 5.62. The van der Waals surface area contributed by atoms with Gasteiger partial charge in [-0.3, -0.25) is 9.00 Å². The Balaban J connectivity index is 2.82. The number of benzene rings is 1. The lowest BCUT2D eigenvalue weighted by atomic mass is 10.1. The van der Waals surface area contributed by atoms with E-state index in [0.717, 1.165) is 6.42 Å². The Hall–Kier alpha value is -1.16. The molecule has 0 aromatic heterocycles. The van der Waals surface area contributed by atoms with Crippen LogP contribution in [0.3, 0.4) is 0 Å². The minimum absolute atomic E-state index is 0.0437. The minimum atomic E-state index is -1.13. The largest absolute Gasteiger partial charge is 0.497 e. The Kier molecular flexibility index (Phi) is 5.54. The van der Waals surface area contributed by atoms with Crippen LogP contribution in [0.5, 0.6) is 5.75 Å². The van der Waals surface area contributed by atoms with Crippen LogP contribution in [0, 0.1) is 0 Å². The molecule has 3 nitrogen and oxygen atoms in total. The second-order valence-electron chi connectivity index (χ2n) is 4.28. The molecule has 0 aliphatic carbocycles. The molecule has 0 amide bonds. The van der Waals surface area contributed by atoms with E-state index in [2.05, 4.69) is 0 Å². The third kappa shape index (κ3) is 3.42. The number of carbonyl (C=O) groups excluding carboxylic acids is 1. The van der Waals surface area contributed by atoms with Crippen molar-refractivity contribution in [2.45, 2.75) is 37.7 Å². The number of methoxy groups -OCH3 is 1. The third-order valence-corrected chi connectivity index (χ3v) is 5.10. The van der Waals surface area contributed by atoms with E-state index >= 15 is 0 Å². The number of rotatable bonds is 6. The van der Waals surface area contributed by atoms with Gasteiger partial charge in [-0.2, -0.15) is 0 Å². The maximum atomic E-state index is 12.2. The van der Waals surface area contributed by atoms with Gasteiger partial charge in [0, 0.05) is 21.6 Å². The predicted molar refractivity (Wildman–Crippen MR) is 74.7 cm³/mol. The summed E-state index contributed by atoms with van der Waals surface area (Å²) >= 11 is 0. The average Bonchev–Trinajstić information content (AvgIpc) is 2.44. The number of Topliss-reactive ketones (excluding diaryl/α,β-unsaturated/α-hetero) is 1. The Morgan fingerprint density at radius 3 is 2.28 bits per heavy atom. The van der Waals surface area contributed by atoms with Gasteiger partial charge in [-0.25, -0.2) is 0 Å². The molecule has 0 heterocycles. The first kappa shape index (κ1) is 14.9. The number of hydrogen-bond acceptors (Lipinski definition) is 3. The SMILES string of the molecule is CCC(C)S(=O)C(C)C(=O)c1ccc(OC)cc1. The lowest BCUT2D eigenvalue weighted by Gasteiger charge is -2.15. The molecule has 0 saturated carbocycles. The second kappa shape index (κ2) is 6.69. The molecule has 100 valence electrons. The molecule has 0 spiro atoms. The molecule has 3 atom stereocenters. The Labute approximate surface area is 111 Å². The van der Waals surface area contributed by atoms with Crippen LogP contribution >= 0.6 is 0 Å². The number of ether oxygens (including phenoxy) is 1. The van der Waals surface area contributed by atoms with E-state index in [1.165, 1.54) is 0 Å². The van der Waals surface area contributed by atoms with Crippen LogP contribution < -0.4 is 4.74 Å². The van der Waals surface area contributed by atoms with Crippen molar-refractivity contribution < 1.29 is 13.7 Å². The van der Waals surface area contributed by atoms with E-state index < -0.39 is 16.0 Å². The molecule has 0 aliphatic rings. The summed E-state index contributed by atoms with van der Waals surface area (Å²) in [4.78, 5) is 12.2. The predicted octanol–water partition coefficient (Wildman–Crippen LogP) is 2.81. The highest BCUT2D eigenvalue weighted by Crippen LogP contribution is 2.16. The van der Waals surface area contributed by atoms with Gasteiger partial charge in [0.05, 0.1) is 12.4 Å². The number of carbonyl (C=O) groups is 1. The highest BCUT2D eigenvalue weighted by atomic mass is 32.2. The summed E-state index contributed by atoms with van der Waals surface area (Å²) in [6.07, 6.45) is 0.812. The molecule has 0 saturated heterocycles. The minimum Gasteiger partial charge on any atom is -0.497 e. The quantitative estimate of drug-likeness (QED) is 0.745. The summed E-state index contributed by atoms with van der Waals surface area (Å²) in [5.41, 5.74) is 0.583. The molecule has 1 aromatic rings. The summed E-state index contributed by atoms with van der Waals surface area (Å²) in [5.74, 6) is 0.638. The molecule has 1 rings (SSSR count). The fraction of sp³-hybridized carbons (Fsp3) is 0.500. The zero-order valence-corrected chi connectivity index (χ0v) is 12.1. The highest BCUT2D eigenvalue weighted by Gasteiger charge is 2.24. The van der Waals surface area contributed by atoms with Crippen LogP contribution in [0.15, 0.2) is 24.3 Å². The monoisotopic (exact) mass is 268 g/mol. The van der Waals surface area contributed by atoms with Crippen LogP contribution in [-0.2, 0) is 10.8 Å². The fourth-order valence-electron chi connectivity index (χ4n) is 1.61. The van der Waals surface area contributed by atoms with Crippen molar-refractivity contribution in [3.63, 3.8) is 0 Å². The zero-order valence-electron chi connectivity index (χ0n) is 11.3. The Morgan fingerprint density at radius 2 is 1.83 bits per heavy atom. The van der Waals surface area contributed by atoms with Crippen LogP contribution in [-0.4, -0.2) is 27.6 Å². The van der Waals surface area contributed by atoms with Crippen molar-refractivity contribution in [1.29, 1.82) is 0 Å². The Bertz CT molecular complexity index is 425. The topological polar surface area (TPSA) is 43.4 Å². The van der Waals surface area contributed by atoms with E-state index in [4.69, 9.17) is 4.74 Å². The molecule has 1 aromatic carbocycles. The molecule has 0 radical (unpaired) electrons. The first-order valence-corrected chi connectivity index (χ1v) is 7.36. The number of ketones is 1. The van der Waals surface area contributed by atoms with E-state index in [0.29, 0.717) is 11.3 Å².